The molecular formula is C16H19N5. The highest BCUT2D eigenvalue weighted by atomic mass is 15.1. The third-order valence-corrected chi connectivity index (χ3v) is 3.80. The Bertz CT molecular complexity index is 775. The van der Waals surface area contributed by atoms with E-state index in [1.165, 1.54) is 6.33 Å². The molecule has 5 nitrogen and oxygen atoms in total. The fourth-order valence-corrected chi connectivity index (χ4v) is 2.76. The van der Waals surface area contributed by atoms with Crippen molar-refractivity contribution in [2.24, 2.45) is 0 Å². The van der Waals surface area contributed by atoms with Crippen LogP contribution in [0.1, 0.15) is 30.9 Å². The number of hydrogen-bond donors (Lipinski definition) is 1. The molecule has 3 rings (SSSR count). The van der Waals surface area contributed by atoms with Crippen LogP contribution >= 0.6 is 0 Å². The number of anilines is 1. The second kappa shape index (κ2) is 5.52. The quantitative estimate of drug-likeness (QED) is 0.798. The second-order valence-corrected chi connectivity index (χ2v) is 4.98. The molecule has 0 saturated carbocycles. The van der Waals surface area contributed by atoms with Crippen molar-refractivity contribution in [3.8, 4) is 0 Å². The van der Waals surface area contributed by atoms with E-state index in [4.69, 9.17) is 10.7 Å². The summed E-state index contributed by atoms with van der Waals surface area (Å²) in [6.45, 7) is 5.09. The summed E-state index contributed by atoms with van der Waals surface area (Å²) < 4.78 is 2.23. The van der Waals surface area contributed by atoms with Gasteiger partial charge in [-0.3, -0.25) is 0 Å². The van der Waals surface area contributed by atoms with E-state index in [1.54, 1.807) is 0 Å². The number of benzene rings is 1. The Balaban J connectivity index is 2.08. The van der Waals surface area contributed by atoms with E-state index < -0.39 is 0 Å². The number of aryl methyl sites for hydroxylation is 1. The number of nitrogen functional groups attached to an aromatic ring is 1. The highest BCUT2D eigenvalue weighted by Gasteiger charge is 2.14. The Morgan fingerprint density at radius 3 is 2.71 bits per heavy atom. The van der Waals surface area contributed by atoms with Crippen LogP contribution in [-0.4, -0.2) is 19.5 Å². The third kappa shape index (κ3) is 2.35. The fourth-order valence-electron chi connectivity index (χ4n) is 2.76. The summed E-state index contributed by atoms with van der Waals surface area (Å²) in [5, 5.41) is 0. The number of fused-ring (bicyclic) bond motifs is 1. The smallest absolute Gasteiger partial charge is 0.130 e. The maximum absolute atomic E-state index is 5.95. The summed E-state index contributed by atoms with van der Waals surface area (Å²) in [6.07, 6.45) is 3.04. The zero-order chi connectivity index (χ0) is 14.8. The molecule has 0 atom stereocenters. The van der Waals surface area contributed by atoms with E-state index in [2.05, 4.69) is 34.4 Å². The predicted octanol–water partition coefficient (Wildman–Crippen LogP) is 2.58. The average Bonchev–Trinajstić information content (AvgIpc) is 2.84. The van der Waals surface area contributed by atoms with Gasteiger partial charge in [0.2, 0.25) is 0 Å². The van der Waals surface area contributed by atoms with Gasteiger partial charge in [0.1, 0.15) is 18.0 Å². The van der Waals surface area contributed by atoms with Crippen LogP contribution < -0.4 is 5.73 Å². The van der Waals surface area contributed by atoms with Crippen LogP contribution in [0, 0.1) is 0 Å². The van der Waals surface area contributed by atoms with Crippen molar-refractivity contribution in [2.45, 2.75) is 33.2 Å². The van der Waals surface area contributed by atoms with Crippen LogP contribution in [0.2, 0.25) is 0 Å². The summed E-state index contributed by atoms with van der Waals surface area (Å²) in [7, 11) is 0. The molecule has 108 valence electrons. The van der Waals surface area contributed by atoms with E-state index in [9.17, 15) is 0 Å². The Hall–Kier alpha value is -2.43. The van der Waals surface area contributed by atoms with Crippen LogP contribution in [0.4, 0.5) is 5.82 Å². The van der Waals surface area contributed by atoms with Crippen LogP contribution in [0.3, 0.4) is 0 Å². The highest BCUT2D eigenvalue weighted by molar-refractivity contribution is 5.76. The first kappa shape index (κ1) is 13.5. The lowest BCUT2D eigenvalue weighted by molar-refractivity contribution is 0.725. The van der Waals surface area contributed by atoms with Crippen molar-refractivity contribution in [3.05, 3.63) is 47.7 Å². The molecule has 1 aromatic carbocycles. The van der Waals surface area contributed by atoms with E-state index in [1.807, 2.05) is 18.2 Å². The summed E-state index contributed by atoms with van der Waals surface area (Å²) in [5.41, 5.74) is 10.1. The minimum Gasteiger partial charge on any atom is -0.383 e. The van der Waals surface area contributed by atoms with Crippen LogP contribution in [0.15, 0.2) is 30.6 Å². The first-order valence-electron chi connectivity index (χ1n) is 7.27. The zero-order valence-corrected chi connectivity index (χ0v) is 12.4. The van der Waals surface area contributed by atoms with Crippen LogP contribution in [-0.2, 0) is 19.4 Å². The Kier molecular flexibility index (Phi) is 3.56. The second-order valence-electron chi connectivity index (χ2n) is 4.98. The largest absolute Gasteiger partial charge is 0.383 e. The third-order valence-electron chi connectivity index (χ3n) is 3.80. The number of nitrogens with two attached hydrogens (primary N) is 1. The van der Waals surface area contributed by atoms with Gasteiger partial charge >= 0.3 is 0 Å². The van der Waals surface area contributed by atoms with Crippen molar-refractivity contribution < 1.29 is 0 Å². The molecule has 0 unspecified atom stereocenters. The summed E-state index contributed by atoms with van der Waals surface area (Å²) in [5.74, 6) is 1.59. The lowest BCUT2D eigenvalue weighted by atomic mass is 10.1. The first-order chi connectivity index (χ1) is 10.2. The molecule has 0 aliphatic carbocycles. The highest BCUT2D eigenvalue weighted by Crippen LogP contribution is 2.20. The number of para-hydroxylation sites is 2. The Morgan fingerprint density at radius 1 is 1.14 bits per heavy atom. The van der Waals surface area contributed by atoms with Crippen LogP contribution in [0.25, 0.3) is 11.0 Å². The molecule has 0 fully saturated rings. The fraction of sp³-hybridized carbons (Fsp3) is 0.312. The normalized spacial score (nSPS) is 11.1. The van der Waals surface area contributed by atoms with Crippen molar-refractivity contribution in [1.82, 2.24) is 19.5 Å². The van der Waals surface area contributed by atoms with Gasteiger partial charge in [-0.2, -0.15) is 0 Å². The lowest BCUT2D eigenvalue weighted by Gasteiger charge is -2.10. The van der Waals surface area contributed by atoms with Gasteiger partial charge in [-0.05, 0) is 25.5 Å². The molecule has 0 radical (unpaired) electrons. The molecule has 0 aliphatic rings. The first-order valence-corrected chi connectivity index (χ1v) is 7.27. The molecule has 0 spiro atoms. The number of rotatable bonds is 4. The van der Waals surface area contributed by atoms with Gasteiger partial charge in [-0.1, -0.05) is 19.1 Å². The molecule has 2 heterocycles. The monoisotopic (exact) mass is 281 g/mol. The SMILES string of the molecule is CCc1c(N)ncnc1Cc1nc2ccccc2n1CC. The molecule has 3 aromatic rings. The van der Waals surface area contributed by atoms with E-state index in [0.29, 0.717) is 12.2 Å². The Morgan fingerprint density at radius 2 is 1.95 bits per heavy atom. The molecule has 0 aliphatic heterocycles. The number of hydrogen-bond acceptors (Lipinski definition) is 4. The van der Waals surface area contributed by atoms with Gasteiger partial charge in [0.05, 0.1) is 16.7 Å². The van der Waals surface area contributed by atoms with Crippen molar-refractivity contribution in [2.75, 3.05) is 5.73 Å². The molecular weight excluding hydrogens is 262 g/mol. The van der Waals surface area contributed by atoms with E-state index >= 15 is 0 Å². The maximum atomic E-state index is 5.95. The zero-order valence-electron chi connectivity index (χ0n) is 12.4. The number of imidazole rings is 1. The minimum atomic E-state index is 0.571. The van der Waals surface area contributed by atoms with Gasteiger partial charge in [0.25, 0.3) is 0 Å². The Labute approximate surface area is 123 Å². The van der Waals surface area contributed by atoms with Crippen molar-refractivity contribution >= 4 is 16.9 Å². The van der Waals surface area contributed by atoms with E-state index in [-0.39, 0.29) is 0 Å². The van der Waals surface area contributed by atoms with Crippen molar-refractivity contribution in [1.29, 1.82) is 0 Å². The van der Waals surface area contributed by atoms with E-state index in [0.717, 1.165) is 41.1 Å². The molecule has 0 saturated heterocycles. The molecule has 5 heteroatoms. The average molecular weight is 281 g/mol. The molecule has 2 N–H and O–H groups in total. The summed E-state index contributed by atoms with van der Waals surface area (Å²) >= 11 is 0. The number of aromatic nitrogens is 4. The standard InChI is InChI=1S/C16H19N5/c1-3-11-13(18-10-19-16(11)17)9-15-20-12-7-5-6-8-14(12)21(15)4-2/h5-8,10H,3-4,9H2,1-2H3,(H2,17,18,19). The van der Waals surface area contributed by atoms with Crippen LogP contribution in [0.5, 0.6) is 0 Å². The molecule has 21 heavy (non-hydrogen) atoms. The maximum Gasteiger partial charge on any atom is 0.130 e. The van der Waals surface area contributed by atoms with Crippen molar-refractivity contribution in [3.63, 3.8) is 0 Å². The predicted molar refractivity (Wildman–Crippen MR) is 84.0 cm³/mol. The van der Waals surface area contributed by atoms with Gasteiger partial charge in [-0.15, -0.1) is 0 Å². The van der Waals surface area contributed by atoms with Gasteiger partial charge in [0.15, 0.2) is 0 Å². The molecule has 2 aromatic heterocycles. The number of nitrogens with zero attached hydrogens (tertiary/aromatic N) is 4. The topological polar surface area (TPSA) is 69.6 Å². The summed E-state index contributed by atoms with van der Waals surface area (Å²) in [6, 6.07) is 8.20. The van der Waals surface area contributed by atoms with Gasteiger partial charge in [-0.25, -0.2) is 15.0 Å². The van der Waals surface area contributed by atoms with Gasteiger partial charge in [0, 0.05) is 18.5 Å². The minimum absolute atomic E-state index is 0.571. The summed E-state index contributed by atoms with van der Waals surface area (Å²) in [4.78, 5) is 13.2. The van der Waals surface area contributed by atoms with Gasteiger partial charge < -0.3 is 10.3 Å². The lowest BCUT2D eigenvalue weighted by Crippen LogP contribution is -2.08. The molecule has 0 bridgehead atoms. The molecule has 0 amide bonds.